The van der Waals surface area contributed by atoms with Crippen LogP contribution in [0, 0.1) is 0 Å². The Kier molecular flexibility index (Phi) is 4.52. The standard InChI is InChI=1S/C12H18N4O5S/c1-8(14-22(3,19)20)11(17)15-4-5-16-9(7-15)6-10(13-16)12(18)21-2/h6,8,14H,4-5,7H2,1-3H3. The molecule has 1 aromatic heterocycles. The number of amides is 1. The molecule has 0 radical (unpaired) electrons. The Balaban J connectivity index is 2.10. The first-order valence-electron chi connectivity index (χ1n) is 6.62. The molecule has 1 amide bonds. The molecule has 1 N–H and O–H groups in total. The summed E-state index contributed by atoms with van der Waals surface area (Å²) in [6.45, 7) is 2.58. The van der Waals surface area contributed by atoms with E-state index in [0.717, 1.165) is 6.26 Å². The fraction of sp³-hybridized carbons (Fsp3) is 0.583. The lowest BCUT2D eigenvalue weighted by Gasteiger charge is -2.29. The summed E-state index contributed by atoms with van der Waals surface area (Å²) in [5.41, 5.74) is 0.890. The number of sulfonamides is 1. The molecule has 1 unspecified atom stereocenters. The summed E-state index contributed by atoms with van der Waals surface area (Å²) >= 11 is 0. The number of carbonyl (C=O) groups is 2. The van der Waals surface area contributed by atoms with Gasteiger partial charge in [0, 0.05) is 6.54 Å². The normalized spacial score (nSPS) is 16.0. The monoisotopic (exact) mass is 330 g/mol. The van der Waals surface area contributed by atoms with Gasteiger partial charge in [-0.25, -0.2) is 17.9 Å². The number of esters is 1. The van der Waals surface area contributed by atoms with Crippen molar-refractivity contribution in [3.05, 3.63) is 17.5 Å². The van der Waals surface area contributed by atoms with E-state index < -0.39 is 22.0 Å². The molecular formula is C12H18N4O5S. The van der Waals surface area contributed by atoms with Gasteiger partial charge in [0.1, 0.15) is 0 Å². The van der Waals surface area contributed by atoms with E-state index in [0.29, 0.717) is 18.8 Å². The van der Waals surface area contributed by atoms with Gasteiger partial charge in [0.2, 0.25) is 15.9 Å². The Morgan fingerprint density at radius 1 is 1.41 bits per heavy atom. The third kappa shape index (κ3) is 3.63. The Bertz CT molecular complexity index is 696. The van der Waals surface area contributed by atoms with E-state index in [1.54, 1.807) is 10.7 Å². The number of nitrogens with one attached hydrogen (secondary N) is 1. The Labute approximate surface area is 128 Å². The lowest BCUT2D eigenvalue weighted by Crippen LogP contribution is -2.48. The molecule has 2 heterocycles. The van der Waals surface area contributed by atoms with Crippen LogP contribution in [0.2, 0.25) is 0 Å². The number of hydrogen-bond donors (Lipinski definition) is 1. The van der Waals surface area contributed by atoms with Crippen LogP contribution in [-0.2, 0) is 32.6 Å². The minimum Gasteiger partial charge on any atom is -0.464 e. The first kappa shape index (κ1) is 16.4. The van der Waals surface area contributed by atoms with Crippen molar-refractivity contribution in [3.63, 3.8) is 0 Å². The van der Waals surface area contributed by atoms with Gasteiger partial charge in [-0.15, -0.1) is 0 Å². The number of methoxy groups -OCH3 is 1. The highest BCUT2D eigenvalue weighted by Crippen LogP contribution is 2.15. The summed E-state index contributed by atoms with van der Waals surface area (Å²) in [4.78, 5) is 25.2. The number of ether oxygens (including phenoxy) is 1. The number of hydrogen-bond acceptors (Lipinski definition) is 6. The molecule has 0 bridgehead atoms. The van der Waals surface area contributed by atoms with E-state index in [9.17, 15) is 18.0 Å². The van der Waals surface area contributed by atoms with Crippen LogP contribution in [0.25, 0.3) is 0 Å². The van der Waals surface area contributed by atoms with Crippen molar-refractivity contribution in [1.29, 1.82) is 0 Å². The van der Waals surface area contributed by atoms with Gasteiger partial charge < -0.3 is 9.64 Å². The van der Waals surface area contributed by atoms with Gasteiger partial charge in [-0.3, -0.25) is 9.48 Å². The van der Waals surface area contributed by atoms with Gasteiger partial charge in [-0.05, 0) is 13.0 Å². The SMILES string of the molecule is COC(=O)c1cc2n(n1)CCN(C(=O)C(C)NS(C)(=O)=O)C2. The molecule has 0 aromatic carbocycles. The molecule has 0 aliphatic carbocycles. The zero-order chi connectivity index (χ0) is 16.5. The summed E-state index contributed by atoms with van der Waals surface area (Å²) < 4.78 is 30.9. The number of aromatic nitrogens is 2. The van der Waals surface area contributed by atoms with Crippen LogP contribution < -0.4 is 4.72 Å². The molecule has 0 saturated carbocycles. The van der Waals surface area contributed by atoms with Crippen molar-refractivity contribution in [1.82, 2.24) is 19.4 Å². The van der Waals surface area contributed by atoms with Crippen molar-refractivity contribution in [2.75, 3.05) is 19.9 Å². The third-order valence-electron chi connectivity index (χ3n) is 3.27. The second-order valence-electron chi connectivity index (χ2n) is 5.11. The highest BCUT2D eigenvalue weighted by atomic mass is 32.2. The van der Waals surface area contributed by atoms with Crippen molar-refractivity contribution >= 4 is 21.9 Å². The van der Waals surface area contributed by atoms with Crippen LogP contribution in [-0.4, -0.2) is 60.9 Å². The molecule has 0 spiro atoms. The molecule has 1 aliphatic heterocycles. The average Bonchev–Trinajstić information content (AvgIpc) is 2.86. The fourth-order valence-electron chi connectivity index (χ4n) is 2.30. The molecule has 2 rings (SSSR count). The van der Waals surface area contributed by atoms with E-state index in [4.69, 9.17) is 0 Å². The maximum Gasteiger partial charge on any atom is 0.358 e. The third-order valence-corrected chi connectivity index (χ3v) is 4.05. The Morgan fingerprint density at radius 2 is 2.09 bits per heavy atom. The first-order chi connectivity index (χ1) is 10.2. The first-order valence-corrected chi connectivity index (χ1v) is 8.51. The van der Waals surface area contributed by atoms with Gasteiger partial charge in [0.05, 0.1) is 38.2 Å². The Hall–Kier alpha value is -1.94. The molecule has 22 heavy (non-hydrogen) atoms. The van der Waals surface area contributed by atoms with Crippen molar-refractivity contribution in [2.24, 2.45) is 0 Å². The number of fused-ring (bicyclic) bond motifs is 1. The number of carbonyl (C=O) groups excluding carboxylic acids is 2. The second-order valence-corrected chi connectivity index (χ2v) is 6.89. The van der Waals surface area contributed by atoms with Crippen LogP contribution >= 0.6 is 0 Å². The van der Waals surface area contributed by atoms with Gasteiger partial charge in [-0.1, -0.05) is 0 Å². The zero-order valence-corrected chi connectivity index (χ0v) is 13.4. The summed E-state index contributed by atoms with van der Waals surface area (Å²) in [7, 11) is -2.18. The number of rotatable bonds is 4. The van der Waals surface area contributed by atoms with E-state index in [1.165, 1.54) is 18.9 Å². The predicted octanol–water partition coefficient (Wildman–Crippen LogP) is -1.05. The molecule has 1 aromatic rings. The van der Waals surface area contributed by atoms with Crippen molar-refractivity contribution in [3.8, 4) is 0 Å². The van der Waals surface area contributed by atoms with Crippen LogP contribution in [0.4, 0.5) is 0 Å². The summed E-state index contributed by atoms with van der Waals surface area (Å²) in [5.74, 6) is -0.857. The van der Waals surface area contributed by atoms with E-state index in [-0.39, 0.29) is 18.1 Å². The quantitative estimate of drug-likeness (QED) is 0.705. The maximum absolute atomic E-state index is 12.3. The van der Waals surface area contributed by atoms with Crippen LogP contribution in [0.3, 0.4) is 0 Å². The molecule has 1 aliphatic rings. The number of nitrogens with zero attached hydrogens (tertiary/aromatic N) is 3. The average molecular weight is 330 g/mol. The van der Waals surface area contributed by atoms with Gasteiger partial charge in [0.15, 0.2) is 5.69 Å². The minimum absolute atomic E-state index is 0.189. The molecule has 122 valence electrons. The predicted molar refractivity (Wildman–Crippen MR) is 76.4 cm³/mol. The summed E-state index contributed by atoms with van der Waals surface area (Å²) in [6.07, 6.45) is 1.00. The van der Waals surface area contributed by atoms with E-state index in [2.05, 4.69) is 14.6 Å². The fourth-order valence-corrected chi connectivity index (χ4v) is 3.05. The molecule has 0 saturated heterocycles. The lowest BCUT2D eigenvalue weighted by atomic mass is 10.2. The molecule has 9 nitrogen and oxygen atoms in total. The Morgan fingerprint density at radius 3 is 2.68 bits per heavy atom. The smallest absolute Gasteiger partial charge is 0.358 e. The van der Waals surface area contributed by atoms with Crippen LogP contribution in [0.1, 0.15) is 23.1 Å². The van der Waals surface area contributed by atoms with Crippen molar-refractivity contribution in [2.45, 2.75) is 26.1 Å². The molecule has 0 fully saturated rings. The minimum atomic E-state index is -3.45. The molecular weight excluding hydrogens is 312 g/mol. The van der Waals surface area contributed by atoms with Crippen molar-refractivity contribution < 1.29 is 22.7 Å². The highest BCUT2D eigenvalue weighted by molar-refractivity contribution is 7.88. The topological polar surface area (TPSA) is 111 Å². The molecule has 1 atom stereocenters. The zero-order valence-electron chi connectivity index (χ0n) is 12.6. The summed E-state index contributed by atoms with van der Waals surface area (Å²) in [5, 5.41) is 4.11. The second kappa shape index (κ2) is 6.05. The van der Waals surface area contributed by atoms with E-state index in [1.807, 2.05) is 0 Å². The van der Waals surface area contributed by atoms with E-state index >= 15 is 0 Å². The lowest BCUT2D eigenvalue weighted by molar-refractivity contribution is -0.134. The largest absolute Gasteiger partial charge is 0.464 e. The highest BCUT2D eigenvalue weighted by Gasteiger charge is 2.28. The van der Waals surface area contributed by atoms with Gasteiger partial charge in [-0.2, -0.15) is 5.10 Å². The molecule has 10 heteroatoms. The maximum atomic E-state index is 12.3. The van der Waals surface area contributed by atoms with Crippen LogP contribution in [0.15, 0.2) is 6.07 Å². The summed E-state index contributed by atoms with van der Waals surface area (Å²) in [6, 6.07) is 0.726. The van der Waals surface area contributed by atoms with Crippen LogP contribution in [0.5, 0.6) is 0 Å². The van der Waals surface area contributed by atoms with Gasteiger partial charge in [0.25, 0.3) is 0 Å². The van der Waals surface area contributed by atoms with Gasteiger partial charge >= 0.3 is 5.97 Å².